The second-order valence-corrected chi connectivity index (χ2v) is 6.21. The summed E-state index contributed by atoms with van der Waals surface area (Å²) in [6.45, 7) is 0.319. The number of hydrogen-bond acceptors (Lipinski definition) is 6. The van der Waals surface area contributed by atoms with E-state index in [0.717, 1.165) is 11.3 Å². The summed E-state index contributed by atoms with van der Waals surface area (Å²) < 4.78 is 11.0. The summed E-state index contributed by atoms with van der Waals surface area (Å²) in [5, 5.41) is 11.7. The predicted molar refractivity (Wildman–Crippen MR) is 100 cm³/mol. The summed E-state index contributed by atoms with van der Waals surface area (Å²) in [6, 6.07) is 12.6. The molecule has 7 nitrogen and oxygen atoms in total. The van der Waals surface area contributed by atoms with Crippen LogP contribution in [0.2, 0.25) is 0 Å². The van der Waals surface area contributed by atoms with Crippen LogP contribution in [0.4, 0.5) is 5.69 Å². The van der Waals surface area contributed by atoms with Gasteiger partial charge in [-0.25, -0.2) is 0 Å². The lowest BCUT2D eigenvalue weighted by molar-refractivity contribution is -0.127. The van der Waals surface area contributed by atoms with Gasteiger partial charge in [0.05, 0.1) is 19.3 Å². The molecule has 0 radical (unpaired) electrons. The number of rotatable bonds is 6. The molecule has 27 heavy (non-hydrogen) atoms. The highest BCUT2D eigenvalue weighted by Crippen LogP contribution is 2.35. The molecule has 1 heterocycles. The molecule has 0 spiro atoms. The largest absolute Gasteiger partial charge is 0.497 e. The van der Waals surface area contributed by atoms with E-state index in [1.54, 1.807) is 32.4 Å². The number of benzene rings is 2. The highest BCUT2D eigenvalue weighted by Gasteiger charge is 2.30. The minimum absolute atomic E-state index is 0.212. The average Bonchev–Trinajstić information content (AvgIpc) is 2.72. The Morgan fingerprint density at radius 2 is 2.00 bits per heavy atom. The van der Waals surface area contributed by atoms with Crippen molar-refractivity contribution in [3.63, 3.8) is 0 Å². The highest BCUT2D eigenvalue weighted by atomic mass is 16.5. The number of aliphatic hydroxyl groups excluding tert-OH is 1. The summed E-state index contributed by atoms with van der Waals surface area (Å²) in [6.07, 6.45) is -0.653. The first-order chi connectivity index (χ1) is 13.0. The third-order valence-corrected chi connectivity index (χ3v) is 4.49. The van der Waals surface area contributed by atoms with Crippen LogP contribution in [0, 0.1) is 0 Å². The van der Waals surface area contributed by atoms with Crippen molar-refractivity contribution >= 4 is 17.4 Å². The highest BCUT2D eigenvalue weighted by molar-refractivity contribution is 5.98. The Bertz CT molecular complexity index is 835. The fourth-order valence-electron chi connectivity index (χ4n) is 3.02. The molecular formula is C20H22N2O5. The first-order valence-corrected chi connectivity index (χ1v) is 8.60. The summed E-state index contributed by atoms with van der Waals surface area (Å²) in [5.74, 6) is 0.713. The monoisotopic (exact) mass is 370 g/mol. The maximum Gasteiger partial charge on any atom is 0.262 e. The zero-order chi connectivity index (χ0) is 19.4. The van der Waals surface area contributed by atoms with E-state index in [2.05, 4.69) is 5.32 Å². The molecule has 2 N–H and O–H groups in total. The molecular weight excluding hydrogens is 348 g/mol. The molecule has 0 aromatic heterocycles. The Balaban J connectivity index is 1.94. The summed E-state index contributed by atoms with van der Waals surface area (Å²) in [4.78, 5) is 26.0. The summed E-state index contributed by atoms with van der Waals surface area (Å²) >= 11 is 0. The van der Waals surface area contributed by atoms with Crippen LogP contribution < -0.4 is 19.7 Å². The van der Waals surface area contributed by atoms with Crippen LogP contribution in [0.1, 0.15) is 15.9 Å². The molecule has 7 heteroatoms. The molecule has 1 amide bonds. The number of nitrogens with zero attached hydrogens (tertiary/aromatic N) is 1. The maximum absolute atomic E-state index is 12.1. The van der Waals surface area contributed by atoms with E-state index in [0.29, 0.717) is 30.1 Å². The number of hydrogen-bond donors (Lipinski definition) is 2. The number of ether oxygens (including phenoxy) is 2. The number of ketones is 1. The van der Waals surface area contributed by atoms with Crippen molar-refractivity contribution in [1.82, 2.24) is 5.32 Å². The smallest absolute Gasteiger partial charge is 0.262 e. The minimum Gasteiger partial charge on any atom is -0.497 e. The van der Waals surface area contributed by atoms with Crippen LogP contribution in [0.5, 0.6) is 11.5 Å². The second-order valence-electron chi connectivity index (χ2n) is 6.21. The number of amides is 1. The zero-order valence-corrected chi connectivity index (χ0v) is 15.3. The van der Waals surface area contributed by atoms with Crippen LogP contribution in [0.15, 0.2) is 42.5 Å². The van der Waals surface area contributed by atoms with Gasteiger partial charge in [0.15, 0.2) is 11.9 Å². The lowest BCUT2D eigenvalue weighted by Gasteiger charge is -2.35. The average molecular weight is 370 g/mol. The van der Waals surface area contributed by atoms with Gasteiger partial charge in [0, 0.05) is 19.2 Å². The number of carbonyl (C=O) groups is 2. The number of Topliss-reactive ketones (excluding diaryl/α,β-unsaturated/α-hetero) is 1. The Hall–Kier alpha value is -3.06. The minimum atomic E-state index is -0.653. The van der Waals surface area contributed by atoms with Gasteiger partial charge in [0.2, 0.25) is 0 Å². The normalized spacial score (nSPS) is 15.5. The molecule has 142 valence electrons. The Morgan fingerprint density at radius 3 is 2.63 bits per heavy atom. The van der Waals surface area contributed by atoms with E-state index in [4.69, 9.17) is 14.6 Å². The van der Waals surface area contributed by atoms with Gasteiger partial charge in [0.1, 0.15) is 18.1 Å². The molecule has 0 bridgehead atoms. The van der Waals surface area contributed by atoms with Gasteiger partial charge in [-0.1, -0.05) is 12.1 Å². The molecule has 0 fully saturated rings. The van der Waals surface area contributed by atoms with Gasteiger partial charge in [0.25, 0.3) is 5.91 Å². The van der Waals surface area contributed by atoms with Crippen LogP contribution >= 0.6 is 0 Å². The number of fused-ring (bicyclic) bond motifs is 1. The molecule has 1 atom stereocenters. The lowest BCUT2D eigenvalue weighted by Crippen LogP contribution is -2.48. The Labute approximate surface area is 157 Å². The zero-order valence-electron chi connectivity index (χ0n) is 15.3. The number of carbonyl (C=O) groups excluding carboxylic acids is 2. The standard InChI is InChI=1S/C20H22N2O5/c1-21-20(25)19-11-22(10-13-3-6-15(26-2)7-4-13)16-9-14(17(24)12-23)5-8-18(16)27-19/h3-9,19,23H,10-12H2,1-2H3,(H,21,25). The fourth-order valence-corrected chi connectivity index (χ4v) is 3.02. The fraction of sp³-hybridized carbons (Fsp3) is 0.300. The molecule has 3 rings (SSSR count). The molecule has 1 unspecified atom stereocenters. The number of nitrogens with one attached hydrogen (secondary N) is 1. The van der Waals surface area contributed by atoms with Crippen molar-refractivity contribution in [1.29, 1.82) is 0 Å². The second kappa shape index (κ2) is 8.09. The van der Waals surface area contributed by atoms with Gasteiger partial charge in [-0.15, -0.1) is 0 Å². The van der Waals surface area contributed by atoms with E-state index < -0.39 is 12.7 Å². The quantitative estimate of drug-likeness (QED) is 0.747. The maximum atomic E-state index is 12.1. The number of likely N-dealkylation sites (N-methyl/N-ethyl adjacent to an activating group) is 1. The number of methoxy groups -OCH3 is 1. The van der Waals surface area contributed by atoms with Crippen LogP contribution in [0.3, 0.4) is 0 Å². The molecule has 2 aromatic rings. The van der Waals surface area contributed by atoms with E-state index in [-0.39, 0.29) is 11.7 Å². The molecule has 0 saturated carbocycles. The molecule has 2 aromatic carbocycles. The third kappa shape index (κ3) is 4.03. The summed E-state index contributed by atoms with van der Waals surface area (Å²) in [7, 11) is 3.18. The number of aliphatic hydroxyl groups is 1. The van der Waals surface area contributed by atoms with E-state index in [1.165, 1.54) is 0 Å². The Morgan fingerprint density at radius 1 is 1.26 bits per heavy atom. The third-order valence-electron chi connectivity index (χ3n) is 4.49. The summed E-state index contributed by atoms with van der Waals surface area (Å²) in [5.41, 5.74) is 2.14. The van der Waals surface area contributed by atoms with E-state index in [9.17, 15) is 9.59 Å². The van der Waals surface area contributed by atoms with Crippen molar-refractivity contribution in [2.75, 3.05) is 32.2 Å². The molecule has 1 aliphatic heterocycles. The van der Waals surface area contributed by atoms with Gasteiger partial charge < -0.3 is 24.8 Å². The first kappa shape index (κ1) is 18.7. The topological polar surface area (TPSA) is 88.1 Å². The van der Waals surface area contributed by atoms with Gasteiger partial charge in [-0.3, -0.25) is 9.59 Å². The van der Waals surface area contributed by atoms with E-state index in [1.807, 2.05) is 29.2 Å². The predicted octanol–water partition coefficient (Wildman–Crippen LogP) is 1.38. The van der Waals surface area contributed by atoms with Crippen molar-refractivity contribution in [2.24, 2.45) is 0 Å². The van der Waals surface area contributed by atoms with Gasteiger partial charge in [-0.2, -0.15) is 0 Å². The molecule has 1 aliphatic rings. The van der Waals surface area contributed by atoms with Gasteiger partial charge >= 0.3 is 0 Å². The van der Waals surface area contributed by atoms with Crippen molar-refractivity contribution in [3.05, 3.63) is 53.6 Å². The van der Waals surface area contributed by atoms with Crippen LogP contribution in [0.25, 0.3) is 0 Å². The van der Waals surface area contributed by atoms with Crippen molar-refractivity contribution < 1.29 is 24.2 Å². The van der Waals surface area contributed by atoms with Crippen molar-refractivity contribution in [3.8, 4) is 11.5 Å². The first-order valence-electron chi connectivity index (χ1n) is 8.60. The lowest BCUT2D eigenvalue weighted by atomic mass is 10.1. The van der Waals surface area contributed by atoms with Crippen molar-refractivity contribution in [2.45, 2.75) is 12.6 Å². The molecule has 0 aliphatic carbocycles. The SMILES string of the molecule is CNC(=O)C1CN(Cc2ccc(OC)cc2)c2cc(C(=O)CO)ccc2O1. The number of anilines is 1. The molecule has 0 saturated heterocycles. The van der Waals surface area contributed by atoms with Crippen LogP contribution in [-0.4, -0.2) is 50.2 Å². The van der Waals surface area contributed by atoms with Gasteiger partial charge in [-0.05, 0) is 35.9 Å². The van der Waals surface area contributed by atoms with E-state index >= 15 is 0 Å². The Kier molecular flexibility index (Phi) is 5.61. The van der Waals surface area contributed by atoms with Crippen LogP contribution in [-0.2, 0) is 11.3 Å².